The molecule has 0 atom stereocenters. The molecule has 1 heterocycles. The standard InChI is InChI=1S/C11H13ClNS/c12-11-3-1-2-10(8-11)9-13-4-6-14-7-5-13/h2-3,8H,4-7,9H2. The molecule has 2 rings (SSSR count). The Morgan fingerprint density at radius 2 is 2.14 bits per heavy atom. The first-order valence-corrected chi connectivity index (χ1v) is 6.33. The molecule has 1 fully saturated rings. The molecule has 0 unspecified atom stereocenters. The molecule has 0 aliphatic carbocycles. The van der Waals surface area contributed by atoms with E-state index in [9.17, 15) is 0 Å². The predicted molar refractivity (Wildman–Crippen MR) is 62.9 cm³/mol. The van der Waals surface area contributed by atoms with Gasteiger partial charge in [0.1, 0.15) is 0 Å². The van der Waals surface area contributed by atoms with Gasteiger partial charge >= 0.3 is 0 Å². The van der Waals surface area contributed by atoms with E-state index < -0.39 is 0 Å². The highest BCUT2D eigenvalue weighted by Gasteiger charge is 2.10. The van der Waals surface area contributed by atoms with Gasteiger partial charge in [0, 0.05) is 36.2 Å². The second-order valence-electron chi connectivity index (χ2n) is 3.45. The van der Waals surface area contributed by atoms with Gasteiger partial charge in [-0.15, -0.1) is 0 Å². The Kier molecular flexibility index (Phi) is 3.74. The van der Waals surface area contributed by atoms with Crippen LogP contribution in [-0.4, -0.2) is 29.5 Å². The summed E-state index contributed by atoms with van der Waals surface area (Å²) in [6.45, 7) is 3.39. The van der Waals surface area contributed by atoms with E-state index in [2.05, 4.69) is 11.0 Å². The summed E-state index contributed by atoms with van der Waals surface area (Å²) in [5.74, 6) is 2.51. The molecule has 1 aliphatic heterocycles. The van der Waals surface area contributed by atoms with Crippen LogP contribution in [0.15, 0.2) is 18.2 Å². The van der Waals surface area contributed by atoms with Crippen molar-refractivity contribution in [1.82, 2.24) is 4.90 Å². The Hall–Kier alpha value is -0.180. The van der Waals surface area contributed by atoms with Crippen LogP contribution in [-0.2, 0) is 6.54 Å². The van der Waals surface area contributed by atoms with Crippen LogP contribution in [0, 0.1) is 6.07 Å². The SMILES string of the molecule is Clc1c[c]cc(CN2CCSCC2)c1. The van der Waals surface area contributed by atoms with Crippen LogP contribution in [0.25, 0.3) is 0 Å². The summed E-state index contributed by atoms with van der Waals surface area (Å²) in [5, 5.41) is 0.786. The molecule has 0 bridgehead atoms. The summed E-state index contributed by atoms with van der Waals surface area (Å²) in [4.78, 5) is 2.47. The van der Waals surface area contributed by atoms with Crippen LogP contribution < -0.4 is 0 Å². The number of thioether (sulfide) groups is 1. The van der Waals surface area contributed by atoms with Gasteiger partial charge in [0.15, 0.2) is 0 Å². The van der Waals surface area contributed by atoms with Gasteiger partial charge in [-0.3, -0.25) is 4.90 Å². The highest BCUT2D eigenvalue weighted by Crippen LogP contribution is 2.15. The van der Waals surface area contributed by atoms with E-state index in [0.717, 1.165) is 11.6 Å². The third-order valence-corrected chi connectivity index (χ3v) is 3.48. The lowest BCUT2D eigenvalue weighted by Crippen LogP contribution is -2.31. The van der Waals surface area contributed by atoms with E-state index in [0.29, 0.717) is 0 Å². The molecule has 1 nitrogen and oxygen atoms in total. The minimum atomic E-state index is 0.786. The van der Waals surface area contributed by atoms with Crippen molar-refractivity contribution in [2.24, 2.45) is 0 Å². The number of hydrogen-bond donors (Lipinski definition) is 0. The van der Waals surface area contributed by atoms with E-state index in [4.69, 9.17) is 11.6 Å². The number of benzene rings is 1. The van der Waals surface area contributed by atoms with Crippen molar-refractivity contribution in [2.75, 3.05) is 24.6 Å². The Morgan fingerprint density at radius 1 is 1.36 bits per heavy atom. The minimum absolute atomic E-state index is 0.786. The van der Waals surface area contributed by atoms with Crippen LogP contribution in [0.5, 0.6) is 0 Å². The molecule has 1 saturated heterocycles. The lowest BCUT2D eigenvalue weighted by molar-refractivity contribution is 0.294. The van der Waals surface area contributed by atoms with Crippen molar-refractivity contribution >= 4 is 23.4 Å². The van der Waals surface area contributed by atoms with Gasteiger partial charge in [0.2, 0.25) is 0 Å². The van der Waals surface area contributed by atoms with Crippen molar-refractivity contribution in [3.05, 3.63) is 34.9 Å². The molecule has 3 heteroatoms. The summed E-state index contributed by atoms with van der Waals surface area (Å²) >= 11 is 7.95. The van der Waals surface area contributed by atoms with E-state index in [-0.39, 0.29) is 0 Å². The highest BCUT2D eigenvalue weighted by molar-refractivity contribution is 7.99. The summed E-state index contributed by atoms with van der Waals surface area (Å²) in [5.41, 5.74) is 1.27. The van der Waals surface area contributed by atoms with Crippen LogP contribution >= 0.6 is 23.4 Å². The van der Waals surface area contributed by atoms with Crippen LogP contribution in [0.2, 0.25) is 5.02 Å². The van der Waals surface area contributed by atoms with Crippen molar-refractivity contribution in [2.45, 2.75) is 6.54 Å². The van der Waals surface area contributed by atoms with Crippen molar-refractivity contribution in [3.63, 3.8) is 0 Å². The predicted octanol–water partition coefficient (Wildman–Crippen LogP) is 2.69. The number of halogens is 1. The quantitative estimate of drug-likeness (QED) is 0.763. The van der Waals surface area contributed by atoms with Crippen LogP contribution in [0.4, 0.5) is 0 Å². The molecule has 75 valence electrons. The summed E-state index contributed by atoms with van der Waals surface area (Å²) < 4.78 is 0. The molecule has 1 radical (unpaired) electrons. The monoisotopic (exact) mass is 226 g/mol. The van der Waals surface area contributed by atoms with E-state index in [1.807, 2.05) is 23.9 Å². The normalized spacial score (nSPS) is 18.4. The fraction of sp³-hybridized carbons (Fsp3) is 0.455. The Bertz CT molecular complexity index is 297. The van der Waals surface area contributed by atoms with Gasteiger partial charge in [-0.2, -0.15) is 11.8 Å². The molecule has 0 saturated carbocycles. The third-order valence-electron chi connectivity index (χ3n) is 2.32. The maximum atomic E-state index is 5.91. The number of rotatable bonds is 2. The zero-order chi connectivity index (χ0) is 9.80. The smallest absolute Gasteiger partial charge is 0.0415 e. The fourth-order valence-electron chi connectivity index (χ4n) is 1.60. The maximum absolute atomic E-state index is 5.91. The molecule has 0 amide bonds. The lowest BCUT2D eigenvalue weighted by atomic mass is 10.2. The number of nitrogens with zero attached hydrogens (tertiary/aromatic N) is 1. The lowest BCUT2D eigenvalue weighted by Gasteiger charge is -2.26. The van der Waals surface area contributed by atoms with Crippen molar-refractivity contribution in [3.8, 4) is 0 Å². The largest absolute Gasteiger partial charge is 0.297 e. The first kappa shape index (κ1) is 10.3. The van der Waals surface area contributed by atoms with Gasteiger partial charge in [-0.25, -0.2) is 0 Å². The second-order valence-corrected chi connectivity index (χ2v) is 5.11. The third kappa shape index (κ3) is 2.91. The molecule has 1 aromatic rings. The van der Waals surface area contributed by atoms with Gasteiger partial charge in [-0.1, -0.05) is 11.6 Å². The topological polar surface area (TPSA) is 3.24 Å². The molecule has 1 aliphatic rings. The highest BCUT2D eigenvalue weighted by atomic mass is 35.5. The molecular formula is C11H13ClNS. The first-order valence-electron chi connectivity index (χ1n) is 4.80. The molecule has 0 spiro atoms. The summed E-state index contributed by atoms with van der Waals surface area (Å²) in [6, 6.07) is 8.91. The van der Waals surface area contributed by atoms with Gasteiger partial charge in [0.25, 0.3) is 0 Å². The van der Waals surface area contributed by atoms with Crippen LogP contribution in [0.3, 0.4) is 0 Å². The average molecular weight is 227 g/mol. The molecule has 0 aromatic heterocycles. The van der Waals surface area contributed by atoms with Gasteiger partial charge < -0.3 is 0 Å². The van der Waals surface area contributed by atoms with E-state index in [1.165, 1.54) is 30.2 Å². The maximum Gasteiger partial charge on any atom is 0.0415 e. The zero-order valence-electron chi connectivity index (χ0n) is 8.00. The van der Waals surface area contributed by atoms with E-state index in [1.54, 1.807) is 6.07 Å². The summed E-state index contributed by atoms with van der Waals surface area (Å²) in [7, 11) is 0. The molecule has 0 N–H and O–H groups in total. The summed E-state index contributed by atoms with van der Waals surface area (Å²) in [6.07, 6.45) is 0. The van der Waals surface area contributed by atoms with Crippen molar-refractivity contribution in [1.29, 1.82) is 0 Å². The van der Waals surface area contributed by atoms with Crippen molar-refractivity contribution < 1.29 is 0 Å². The Labute approximate surface area is 94.4 Å². The minimum Gasteiger partial charge on any atom is -0.297 e. The van der Waals surface area contributed by atoms with E-state index >= 15 is 0 Å². The first-order chi connectivity index (χ1) is 6.84. The number of hydrogen-bond acceptors (Lipinski definition) is 2. The average Bonchev–Trinajstić information content (AvgIpc) is 2.19. The molecule has 14 heavy (non-hydrogen) atoms. The van der Waals surface area contributed by atoms with Gasteiger partial charge in [0.05, 0.1) is 0 Å². The molecular weight excluding hydrogens is 214 g/mol. The van der Waals surface area contributed by atoms with Gasteiger partial charge in [-0.05, 0) is 29.8 Å². The Balaban J connectivity index is 1.95. The molecule has 1 aromatic carbocycles. The Morgan fingerprint density at radius 3 is 2.86 bits per heavy atom. The van der Waals surface area contributed by atoms with Crippen LogP contribution in [0.1, 0.15) is 5.56 Å². The second kappa shape index (κ2) is 5.06. The zero-order valence-corrected chi connectivity index (χ0v) is 9.57. The fourth-order valence-corrected chi connectivity index (χ4v) is 2.78.